The van der Waals surface area contributed by atoms with Crippen molar-refractivity contribution in [3.63, 3.8) is 0 Å². The van der Waals surface area contributed by atoms with Gasteiger partial charge in [0, 0.05) is 18.7 Å². The van der Waals surface area contributed by atoms with E-state index in [0.29, 0.717) is 16.8 Å². The summed E-state index contributed by atoms with van der Waals surface area (Å²) in [6.07, 6.45) is -0.707. The molecule has 0 spiro atoms. The van der Waals surface area contributed by atoms with Gasteiger partial charge in [-0.05, 0) is 56.5 Å². The number of nitrogens with zero attached hydrogens (tertiary/aromatic N) is 1. The first kappa shape index (κ1) is 21.2. The van der Waals surface area contributed by atoms with E-state index in [2.05, 4.69) is 5.32 Å². The number of imide groups is 1. The van der Waals surface area contributed by atoms with Crippen LogP contribution in [0.5, 0.6) is 0 Å². The highest BCUT2D eigenvalue weighted by Gasteiger charge is 2.34. The molecule has 3 amide bonds. The predicted molar refractivity (Wildman–Crippen MR) is 111 cm³/mol. The maximum absolute atomic E-state index is 12.3. The first-order valence-electron chi connectivity index (χ1n) is 9.81. The Kier molecular flexibility index (Phi) is 6.30. The second-order valence-corrected chi connectivity index (χ2v) is 7.28. The maximum Gasteiger partial charge on any atom is 0.306 e. The molecule has 1 heterocycles. The summed E-state index contributed by atoms with van der Waals surface area (Å²) in [6.45, 7) is 5.47. The molecule has 0 bridgehead atoms. The number of carbonyl (C=O) groups is 4. The Morgan fingerprint density at radius 1 is 1.00 bits per heavy atom. The zero-order chi connectivity index (χ0) is 21.8. The van der Waals surface area contributed by atoms with Crippen LogP contribution in [0.25, 0.3) is 0 Å². The molecule has 7 heteroatoms. The second kappa shape index (κ2) is 8.90. The summed E-state index contributed by atoms with van der Waals surface area (Å²) in [5.74, 6) is -1.69. The first-order valence-corrected chi connectivity index (χ1v) is 9.81. The van der Waals surface area contributed by atoms with Crippen molar-refractivity contribution in [3.8, 4) is 0 Å². The third-order valence-electron chi connectivity index (χ3n) is 5.18. The normalized spacial score (nSPS) is 13.8. The second-order valence-electron chi connectivity index (χ2n) is 7.28. The van der Waals surface area contributed by atoms with Crippen LogP contribution in [0.4, 0.5) is 5.69 Å². The lowest BCUT2D eigenvalue weighted by molar-refractivity contribution is -0.153. The number of hydrogen-bond acceptors (Lipinski definition) is 5. The fraction of sp³-hybridized carbons (Fsp3) is 0.304. The third-order valence-corrected chi connectivity index (χ3v) is 5.18. The van der Waals surface area contributed by atoms with E-state index in [1.165, 1.54) is 6.92 Å². The molecule has 0 saturated carbocycles. The van der Waals surface area contributed by atoms with E-state index in [4.69, 9.17) is 4.74 Å². The Labute approximate surface area is 175 Å². The molecule has 0 saturated heterocycles. The number of hydrogen-bond donors (Lipinski definition) is 1. The maximum atomic E-state index is 12.3. The van der Waals surface area contributed by atoms with Crippen LogP contribution in [-0.2, 0) is 14.3 Å². The molecule has 7 nitrogen and oxygen atoms in total. The fourth-order valence-corrected chi connectivity index (χ4v) is 3.25. The quantitative estimate of drug-likeness (QED) is 0.561. The van der Waals surface area contributed by atoms with Gasteiger partial charge in [0.15, 0.2) is 6.10 Å². The van der Waals surface area contributed by atoms with Gasteiger partial charge in [-0.25, -0.2) is 0 Å². The van der Waals surface area contributed by atoms with Gasteiger partial charge in [0.1, 0.15) is 0 Å². The lowest BCUT2D eigenvalue weighted by Gasteiger charge is -2.16. The molecule has 0 aliphatic carbocycles. The van der Waals surface area contributed by atoms with Crippen LogP contribution in [0, 0.1) is 13.8 Å². The lowest BCUT2D eigenvalue weighted by atomic mass is 10.1. The smallest absolute Gasteiger partial charge is 0.306 e. The minimum absolute atomic E-state index is 0.00546. The molecular formula is C23H24N2O5. The molecule has 1 aliphatic rings. The van der Waals surface area contributed by atoms with Crippen LogP contribution >= 0.6 is 0 Å². The van der Waals surface area contributed by atoms with Crippen molar-refractivity contribution in [2.75, 3.05) is 11.9 Å². The number of anilines is 1. The van der Waals surface area contributed by atoms with E-state index in [1.54, 1.807) is 30.3 Å². The van der Waals surface area contributed by atoms with Gasteiger partial charge in [0.25, 0.3) is 17.7 Å². The minimum atomic E-state index is -0.961. The zero-order valence-electron chi connectivity index (χ0n) is 17.2. The van der Waals surface area contributed by atoms with Gasteiger partial charge in [0.2, 0.25) is 0 Å². The van der Waals surface area contributed by atoms with Crippen molar-refractivity contribution in [3.05, 3.63) is 64.7 Å². The van der Waals surface area contributed by atoms with E-state index in [1.807, 2.05) is 26.0 Å². The highest BCUT2D eigenvalue weighted by atomic mass is 16.5. The van der Waals surface area contributed by atoms with E-state index in [0.717, 1.165) is 16.0 Å². The minimum Gasteiger partial charge on any atom is -0.453 e. The summed E-state index contributed by atoms with van der Waals surface area (Å²) in [5.41, 5.74) is 3.42. The predicted octanol–water partition coefficient (Wildman–Crippen LogP) is 3.25. The molecule has 0 unspecified atom stereocenters. The number of nitrogens with one attached hydrogen (secondary N) is 1. The zero-order valence-corrected chi connectivity index (χ0v) is 17.2. The number of amides is 3. The number of carbonyl (C=O) groups excluding carboxylic acids is 4. The molecule has 0 aromatic heterocycles. The van der Waals surface area contributed by atoms with Crippen molar-refractivity contribution < 1.29 is 23.9 Å². The van der Waals surface area contributed by atoms with E-state index >= 15 is 0 Å². The fourth-order valence-electron chi connectivity index (χ4n) is 3.25. The van der Waals surface area contributed by atoms with Crippen molar-refractivity contribution in [2.24, 2.45) is 0 Å². The Morgan fingerprint density at radius 3 is 2.27 bits per heavy atom. The van der Waals surface area contributed by atoms with E-state index in [9.17, 15) is 19.2 Å². The van der Waals surface area contributed by atoms with Crippen LogP contribution in [0.15, 0.2) is 42.5 Å². The van der Waals surface area contributed by atoms with Crippen molar-refractivity contribution in [2.45, 2.75) is 39.7 Å². The van der Waals surface area contributed by atoms with Crippen LogP contribution in [-0.4, -0.2) is 41.2 Å². The van der Waals surface area contributed by atoms with Crippen molar-refractivity contribution >= 4 is 29.4 Å². The topological polar surface area (TPSA) is 92.8 Å². The molecular weight excluding hydrogens is 384 g/mol. The molecule has 1 aliphatic heterocycles. The van der Waals surface area contributed by atoms with Crippen LogP contribution < -0.4 is 5.32 Å². The average Bonchev–Trinajstić information content (AvgIpc) is 2.96. The highest BCUT2D eigenvalue weighted by Crippen LogP contribution is 2.23. The van der Waals surface area contributed by atoms with Gasteiger partial charge < -0.3 is 10.1 Å². The molecule has 30 heavy (non-hydrogen) atoms. The monoisotopic (exact) mass is 408 g/mol. The largest absolute Gasteiger partial charge is 0.453 e. The number of fused-ring (bicyclic) bond motifs is 1. The molecule has 2 aromatic rings. The summed E-state index contributed by atoms with van der Waals surface area (Å²) in [7, 11) is 0. The molecule has 2 aromatic carbocycles. The lowest BCUT2D eigenvalue weighted by Crippen LogP contribution is -2.32. The van der Waals surface area contributed by atoms with Gasteiger partial charge in [-0.15, -0.1) is 0 Å². The van der Waals surface area contributed by atoms with Gasteiger partial charge >= 0.3 is 5.97 Å². The van der Waals surface area contributed by atoms with E-state index < -0.39 is 18.0 Å². The average molecular weight is 408 g/mol. The van der Waals surface area contributed by atoms with E-state index in [-0.39, 0.29) is 31.2 Å². The summed E-state index contributed by atoms with van der Waals surface area (Å²) < 4.78 is 5.20. The van der Waals surface area contributed by atoms with Crippen molar-refractivity contribution in [1.82, 2.24) is 4.90 Å². The SMILES string of the molecule is Cc1cccc(NC(=O)[C@H](C)OC(=O)CCCN2C(=O)c3ccccc3C2=O)c1C. The van der Waals surface area contributed by atoms with Gasteiger partial charge in [-0.3, -0.25) is 24.1 Å². The van der Waals surface area contributed by atoms with Crippen LogP contribution in [0.2, 0.25) is 0 Å². The number of benzene rings is 2. The first-order chi connectivity index (χ1) is 14.3. The summed E-state index contributed by atoms with van der Waals surface area (Å²) in [4.78, 5) is 50.2. The standard InChI is InChI=1S/C23H24N2O5/c1-14-8-6-11-19(15(14)2)24-21(27)16(3)30-20(26)12-7-13-25-22(28)17-9-4-5-10-18(17)23(25)29/h4-6,8-11,16H,7,12-13H2,1-3H3,(H,24,27)/t16-/m0/s1. The number of esters is 1. The highest BCUT2D eigenvalue weighted by molar-refractivity contribution is 6.21. The Morgan fingerprint density at radius 2 is 1.63 bits per heavy atom. The molecule has 3 rings (SSSR count). The summed E-state index contributed by atoms with van der Waals surface area (Å²) in [5, 5.41) is 2.77. The number of rotatable bonds is 7. The molecule has 1 N–H and O–H groups in total. The molecule has 156 valence electrons. The van der Waals surface area contributed by atoms with Crippen LogP contribution in [0.1, 0.15) is 51.6 Å². The van der Waals surface area contributed by atoms with Crippen molar-refractivity contribution in [1.29, 1.82) is 0 Å². The van der Waals surface area contributed by atoms with Gasteiger partial charge in [0.05, 0.1) is 11.1 Å². The molecule has 0 fully saturated rings. The van der Waals surface area contributed by atoms with Gasteiger partial charge in [-0.2, -0.15) is 0 Å². The Hall–Kier alpha value is -3.48. The summed E-state index contributed by atoms with van der Waals surface area (Å²) >= 11 is 0. The third kappa shape index (κ3) is 4.40. The number of ether oxygens (including phenoxy) is 1. The van der Waals surface area contributed by atoms with Gasteiger partial charge in [-0.1, -0.05) is 24.3 Å². The summed E-state index contributed by atoms with van der Waals surface area (Å²) in [6, 6.07) is 12.2. The van der Waals surface area contributed by atoms with Crippen LogP contribution in [0.3, 0.4) is 0 Å². The molecule has 1 atom stereocenters. The Balaban J connectivity index is 1.47. The Bertz CT molecular complexity index is 979. The molecule has 0 radical (unpaired) electrons. The number of aryl methyl sites for hydroxylation is 1.